The van der Waals surface area contributed by atoms with Crippen LogP contribution in [-0.2, 0) is 6.54 Å². The average Bonchev–Trinajstić information content (AvgIpc) is 2.98. The van der Waals surface area contributed by atoms with Crippen LogP contribution in [0.1, 0.15) is 27.2 Å². The van der Waals surface area contributed by atoms with Crippen molar-refractivity contribution in [2.24, 2.45) is 0 Å². The Bertz CT molecular complexity index is 620. The molecule has 1 aromatic heterocycles. The van der Waals surface area contributed by atoms with E-state index in [1.165, 1.54) is 0 Å². The van der Waals surface area contributed by atoms with E-state index in [2.05, 4.69) is 14.9 Å². The number of carbonyl (C=O) groups is 1. The van der Waals surface area contributed by atoms with Gasteiger partial charge in [-0.2, -0.15) is 0 Å². The van der Waals surface area contributed by atoms with E-state index in [1.54, 1.807) is 12.5 Å². The number of aromatic amines is 1. The molecule has 0 bridgehead atoms. The van der Waals surface area contributed by atoms with Crippen molar-refractivity contribution in [1.82, 2.24) is 19.8 Å². The van der Waals surface area contributed by atoms with Crippen LogP contribution >= 0.6 is 0 Å². The molecule has 0 atom stereocenters. The third-order valence-corrected chi connectivity index (χ3v) is 3.86. The lowest BCUT2D eigenvalue weighted by atomic mass is 10.0. The van der Waals surface area contributed by atoms with E-state index in [0.29, 0.717) is 13.1 Å². The van der Waals surface area contributed by atoms with Crippen molar-refractivity contribution in [2.45, 2.75) is 20.4 Å². The minimum atomic E-state index is 0.0673. The Morgan fingerprint density at radius 2 is 2.00 bits per heavy atom. The summed E-state index contributed by atoms with van der Waals surface area (Å²) in [5.41, 5.74) is 3.91. The van der Waals surface area contributed by atoms with Crippen molar-refractivity contribution in [2.75, 3.05) is 27.2 Å². The molecule has 0 aliphatic carbocycles. The van der Waals surface area contributed by atoms with Gasteiger partial charge in [0.05, 0.1) is 18.6 Å². The fraction of sp³-hybridized carbons (Fsp3) is 0.412. The van der Waals surface area contributed by atoms with E-state index >= 15 is 0 Å². The maximum Gasteiger partial charge on any atom is 0.254 e. The molecule has 118 valence electrons. The number of hydrogen-bond acceptors (Lipinski definition) is 3. The molecular weight excluding hydrogens is 276 g/mol. The molecule has 22 heavy (non-hydrogen) atoms. The topological polar surface area (TPSA) is 52.2 Å². The minimum absolute atomic E-state index is 0.0673. The summed E-state index contributed by atoms with van der Waals surface area (Å²) < 4.78 is 0. The number of aryl methyl sites for hydroxylation is 1. The number of rotatable bonds is 6. The highest BCUT2D eigenvalue weighted by Crippen LogP contribution is 2.16. The zero-order valence-corrected chi connectivity index (χ0v) is 13.8. The van der Waals surface area contributed by atoms with Gasteiger partial charge in [0.2, 0.25) is 0 Å². The van der Waals surface area contributed by atoms with Crippen molar-refractivity contribution < 1.29 is 4.79 Å². The third-order valence-electron chi connectivity index (χ3n) is 3.86. The van der Waals surface area contributed by atoms with Crippen molar-refractivity contribution >= 4 is 5.91 Å². The Hall–Kier alpha value is -2.14. The van der Waals surface area contributed by atoms with Crippen LogP contribution in [0.25, 0.3) is 0 Å². The monoisotopic (exact) mass is 300 g/mol. The first-order valence-corrected chi connectivity index (χ1v) is 7.46. The van der Waals surface area contributed by atoms with Gasteiger partial charge in [0.15, 0.2) is 0 Å². The summed E-state index contributed by atoms with van der Waals surface area (Å²) in [6, 6.07) is 5.88. The van der Waals surface area contributed by atoms with Gasteiger partial charge < -0.3 is 14.8 Å². The number of benzene rings is 1. The van der Waals surface area contributed by atoms with E-state index in [4.69, 9.17) is 0 Å². The van der Waals surface area contributed by atoms with Crippen molar-refractivity contribution in [3.8, 4) is 0 Å². The molecule has 1 N–H and O–H groups in total. The van der Waals surface area contributed by atoms with Gasteiger partial charge in [0.1, 0.15) is 0 Å². The molecule has 0 saturated heterocycles. The van der Waals surface area contributed by atoms with Crippen LogP contribution in [0.2, 0.25) is 0 Å². The number of hydrogen-bond donors (Lipinski definition) is 1. The Morgan fingerprint density at radius 3 is 2.64 bits per heavy atom. The maximum atomic E-state index is 12.9. The van der Waals surface area contributed by atoms with E-state index < -0.39 is 0 Å². The second-order valence-electron chi connectivity index (χ2n) is 5.85. The highest BCUT2D eigenvalue weighted by Gasteiger charge is 2.19. The van der Waals surface area contributed by atoms with Gasteiger partial charge in [-0.3, -0.25) is 4.79 Å². The van der Waals surface area contributed by atoms with Gasteiger partial charge >= 0.3 is 0 Å². The lowest BCUT2D eigenvalue weighted by Crippen LogP contribution is -2.36. The fourth-order valence-corrected chi connectivity index (χ4v) is 2.30. The highest BCUT2D eigenvalue weighted by atomic mass is 16.2. The number of amides is 1. The molecule has 0 unspecified atom stereocenters. The van der Waals surface area contributed by atoms with E-state index in [9.17, 15) is 4.79 Å². The minimum Gasteiger partial charge on any atom is -0.347 e. The van der Waals surface area contributed by atoms with Crippen LogP contribution in [0.15, 0.2) is 30.7 Å². The molecule has 2 aromatic rings. The van der Waals surface area contributed by atoms with Gasteiger partial charge in [0.25, 0.3) is 5.91 Å². The number of nitrogens with zero attached hydrogens (tertiary/aromatic N) is 3. The highest BCUT2D eigenvalue weighted by molar-refractivity contribution is 5.95. The summed E-state index contributed by atoms with van der Waals surface area (Å²) in [5.74, 6) is 0.0673. The molecule has 5 heteroatoms. The first-order chi connectivity index (χ1) is 10.5. The molecule has 0 aliphatic heterocycles. The third kappa shape index (κ3) is 3.95. The van der Waals surface area contributed by atoms with Gasteiger partial charge in [-0.25, -0.2) is 4.98 Å². The van der Waals surface area contributed by atoms with Crippen LogP contribution in [-0.4, -0.2) is 52.9 Å². The van der Waals surface area contributed by atoms with Crippen molar-refractivity contribution in [3.05, 3.63) is 53.1 Å². The second-order valence-corrected chi connectivity index (χ2v) is 5.85. The summed E-state index contributed by atoms with van der Waals surface area (Å²) in [4.78, 5) is 24.0. The largest absolute Gasteiger partial charge is 0.347 e. The Labute approximate surface area is 132 Å². The first-order valence-electron chi connectivity index (χ1n) is 7.46. The Kier molecular flexibility index (Phi) is 5.33. The zero-order chi connectivity index (χ0) is 16.1. The predicted octanol–water partition coefficient (Wildman–Crippen LogP) is 2.23. The van der Waals surface area contributed by atoms with E-state index in [-0.39, 0.29) is 5.91 Å². The quantitative estimate of drug-likeness (QED) is 0.890. The molecule has 1 aromatic carbocycles. The lowest BCUT2D eigenvalue weighted by molar-refractivity contribution is 0.0729. The van der Waals surface area contributed by atoms with Crippen LogP contribution in [0, 0.1) is 13.8 Å². The molecular formula is C17H24N4O. The molecule has 0 saturated carbocycles. The van der Waals surface area contributed by atoms with Gasteiger partial charge in [-0.05, 0) is 45.1 Å². The Morgan fingerprint density at radius 1 is 1.23 bits per heavy atom. The molecule has 5 nitrogen and oxygen atoms in total. The van der Waals surface area contributed by atoms with Crippen molar-refractivity contribution in [3.63, 3.8) is 0 Å². The van der Waals surface area contributed by atoms with Crippen LogP contribution < -0.4 is 0 Å². The maximum absolute atomic E-state index is 12.9. The van der Waals surface area contributed by atoms with Crippen molar-refractivity contribution in [1.29, 1.82) is 0 Å². The summed E-state index contributed by atoms with van der Waals surface area (Å²) >= 11 is 0. The number of carbonyl (C=O) groups excluding carboxylic acids is 1. The molecule has 0 fully saturated rings. The zero-order valence-electron chi connectivity index (χ0n) is 13.8. The summed E-state index contributed by atoms with van der Waals surface area (Å²) in [6.45, 7) is 6.08. The number of nitrogens with one attached hydrogen (secondary N) is 1. The number of H-pyrrole nitrogens is 1. The smallest absolute Gasteiger partial charge is 0.254 e. The van der Waals surface area contributed by atoms with Gasteiger partial charge in [-0.1, -0.05) is 12.1 Å². The van der Waals surface area contributed by atoms with Gasteiger partial charge in [-0.15, -0.1) is 0 Å². The van der Waals surface area contributed by atoms with Crippen LogP contribution in [0.4, 0.5) is 0 Å². The van der Waals surface area contributed by atoms with Crippen LogP contribution in [0.5, 0.6) is 0 Å². The molecule has 2 rings (SSSR count). The van der Waals surface area contributed by atoms with E-state index in [1.807, 2.05) is 51.0 Å². The number of imidazole rings is 1. The van der Waals surface area contributed by atoms with Gasteiger partial charge in [0, 0.05) is 24.8 Å². The van der Waals surface area contributed by atoms with Crippen LogP contribution in [0.3, 0.4) is 0 Å². The second kappa shape index (κ2) is 7.22. The number of likely N-dealkylation sites (N-methyl/N-ethyl adjacent to an activating group) is 1. The normalized spacial score (nSPS) is 11.0. The first kappa shape index (κ1) is 16.2. The molecule has 0 aliphatic rings. The average molecular weight is 300 g/mol. The summed E-state index contributed by atoms with van der Waals surface area (Å²) in [5, 5.41) is 0. The standard InChI is InChI=1S/C17H24N4O/c1-13-6-5-7-16(14(13)2)17(22)21(9-8-20(3)4)11-15-10-18-12-19-15/h5-7,10,12H,8-9,11H2,1-4H3,(H,18,19). The molecule has 1 heterocycles. The summed E-state index contributed by atoms with van der Waals surface area (Å²) in [6.07, 6.45) is 3.40. The number of aromatic nitrogens is 2. The molecule has 0 radical (unpaired) electrons. The molecule has 1 amide bonds. The Balaban J connectivity index is 2.22. The molecule has 0 spiro atoms. The predicted molar refractivity (Wildman–Crippen MR) is 87.8 cm³/mol. The SMILES string of the molecule is Cc1cccc(C(=O)N(CCN(C)C)Cc2cnc[nH]2)c1C. The summed E-state index contributed by atoms with van der Waals surface area (Å²) in [7, 11) is 4.02. The van der Waals surface area contributed by atoms with E-state index in [0.717, 1.165) is 28.9 Å². The fourth-order valence-electron chi connectivity index (χ4n) is 2.30. The lowest BCUT2D eigenvalue weighted by Gasteiger charge is -2.25.